The Kier molecular flexibility index (Phi) is 0.992. The molecule has 1 aromatic rings. The molecule has 0 N–H and O–H groups in total. The number of rotatable bonds is 0. The Bertz CT molecular complexity index is 200. The van der Waals surface area contributed by atoms with Crippen molar-refractivity contribution < 1.29 is 1.37 Å². The van der Waals surface area contributed by atoms with Crippen molar-refractivity contribution in [3.8, 4) is 0 Å². The Labute approximate surface area is 50.8 Å². The van der Waals surface area contributed by atoms with Crippen molar-refractivity contribution in [2.24, 2.45) is 0 Å². The van der Waals surface area contributed by atoms with Crippen molar-refractivity contribution >= 4 is 0 Å². The lowest BCUT2D eigenvalue weighted by atomic mass is 10.2. The van der Waals surface area contributed by atoms with E-state index in [0.717, 1.165) is 11.1 Å². The molecule has 0 aromatic carbocycles. The van der Waals surface area contributed by atoms with Gasteiger partial charge in [0, 0.05) is 12.4 Å². The summed E-state index contributed by atoms with van der Waals surface area (Å²) < 4.78 is 7.30. The number of aryl methyl sites for hydroxylation is 1. The summed E-state index contributed by atoms with van der Waals surface area (Å²) in [5, 5.41) is 0. The maximum Gasteiger partial charge on any atom is 0.0642 e. The van der Waals surface area contributed by atoms with Gasteiger partial charge in [-0.1, -0.05) is 0 Å². The molecule has 0 unspecified atom stereocenters. The van der Waals surface area contributed by atoms with Gasteiger partial charge in [-0.05, 0) is 31.0 Å². The maximum atomic E-state index is 7.30. The van der Waals surface area contributed by atoms with Crippen molar-refractivity contribution in [2.45, 2.75) is 13.8 Å². The molecule has 0 saturated carbocycles. The van der Waals surface area contributed by atoms with Crippen LogP contribution < -0.4 is 0 Å². The Morgan fingerprint density at radius 3 is 2.75 bits per heavy atom. The zero-order chi connectivity index (χ0) is 6.85. The van der Waals surface area contributed by atoms with Crippen LogP contribution >= 0.6 is 0 Å². The minimum absolute atomic E-state index is 0.523. The largest absolute Gasteiger partial charge is 0.264 e. The van der Waals surface area contributed by atoms with E-state index in [9.17, 15) is 0 Å². The van der Waals surface area contributed by atoms with Gasteiger partial charge < -0.3 is 0 Å². The Morgan fingerprint density at radius 2 is 2.25 bits per heavy atom. The minimum Gasteiger partial charge on any atom is -0.264 e. The fraction of sp³-hybridized carbons (Fsp3) is 0.286. The molecule has 0 spiro atoms. The quantitative estimate of drug-likeness (QED) is 0.494. The van der Waals surface area contributed by atoms with Crippen molar-refractivity contribution in [3.63, 3.8) is 0 Å². The molecule has 1 nitrogen and oxygen atoms in total. The molecule has 0 aliphatic heterocycles. The smallest absolute Gasteiger partial charge is 0.0642 e. The van der Waals surface area contributed by atoms with E-state index in [1.165, 1.54) is 0 Å². The van der Waals surface area contributed by atoms with E-state index in [1.807, 2.05) is 13.8 Å². The topological polar surface area (TPSA) is 12.9 Å². The molecule has 42 valence electrons. The van der Waals surface area contributed by atoms with Gasteiger partial charge in [0.05, 0.1) is 1.37 Å². The zero-order valence-electron chi connectivity index (χ0n) is 6.10. The van der Waals surface area contributed by atoms with Crippen molar-refractivity contribution in [2.75, 3.05) is 0 Å². The number of pyridine rings is 1. The SMILES string of the molecule is [3H]c1cncc(C)c1C. The van der Waals surface area contributed by atoms with Gasteiger partial charge in [-0.2, -0.15) is 0 Å². The fourth-order valence-corrected chi connectivity index (χ4v) is 0.494. The van der Waals surface area contributed by atoms with Crippen LogP contribution in [0.1, 0.15) is 12.5 Å². The van der Waals surface area contributed by atoms with Gasteiger partial charge >= 0.3 is 0 Å². The van der Waals surface area contributed by atoms with Crippen LogP contribution in [0.25, 0.3) is 0 Å². The standard InChI is InChI=1S/C7H9N/c1-6-3-4-8-5-7(6)2/h3-5H,1-2H3/i3T. The highest BCUT2D eigenvalue weighted by Crippen LogP contribution is 2.00. The third kappa shape index (κ3) is 0.861. The summed E-state index contributed by atoms with van der Waals surface area (Å²) in [4.78, 5) is 3.86. The maximum absolute atomic E-state index is 7.30. The summed E-state index contributed by atoms with van der Waals surface area (Å²) in [6, 6.07) is 0.523. The van der Waals surface area contributed by atoms with E-state index in [1.54, 1.807) is 12.4 Å². The van der Waals surface area contributed by atoms with Gasteiger partial charge in [0.15, 0.2) is 0 Å². The molecule has 8 heavy (non-hydrogen) atoms. The van der Waals surface area contributed by atoms with Gasteiger partial charge in [-0.3, -0.25) is 4.98 Å². The molecule has 0 atom stereocenters. The highest BCUT2D eigenvalue weighted by Gasteiger charge is 1.84. The number of aromatic nitrogens is 1. The highest BCUT2D eigenvalue weighted by molar-refractivity contribution is 5.18. The van der Waals surface area contributed by atoms with Crippen LogP contribution in [0.15, 0.2) is 18.4 Å². The van der Waals surface area contributed by atoms with Gasteiger partial charge in [0.1, 0.15) is 0 Å². The highest BCUT2D eigenvalue weighted by atomic mass is 14.6. The van der Waals surface area contributed by atoms with Gasteiger partial charge in [-0.15, -0.1) is 0 Å². The molecule has 1 heteroatoms. The van der Waals surface area contributed by atoms with E-state index >= 15 is 0 Å². The molecule has 0 aliphatic carbocycles. The summed E-state index contributed by atoms with van der Waals surface area (Å²) in [7, 11) is 0. The minimum atomic E-state index is 0.523. The lowest BCUT2D eigenvalue weighted by molar-refractivity contribution is 1.22. The summed E-state index contributed by atoms with van der Waals surface area (Å²) in [6.45, 7) is 3.89. The second-order valence-electron chi connectivity index (χ2n) is 1.86. The van der Waals surface area contributed by atoms with Crippen LogP contribution in [0.2, 0.25) is 0 Å². The van der Waals surface area contributed by atoms with E-state index in [0.29, 0.717) is 6.04 Å². The first-order chi connectivity index (χ1) is 4.22. The predicted octanol–water partition coefficient (Wildman–Crippen LogP) is 1.70. The number of hydrogen-bond donors (Lipinski definition) is 0. The van der Waals surface area contributed by atoms with Crippen LogP contribution in [0, 0.1) is 13.8 Å². The summed E-state index contributed by atoms with van der Waals surface area (Å²) >= 11 is 0. The first-order valence-corrected chi connectivity index (χ1v) is 2.59. The Morgan fingerprint density at radius 1 is 1.50 bits per heavy atom. The summed E-state index contributed by atoms with van der Waals surface area (Å²) in [5.41, 5.74) is 2.10. The monoisotopic (exact) mass is 109 g/mol. The van der Waals surface area contributed by atoms with E-state index in [2.05, 4.69) is 4.98 Å². The van der Waals surface area contributed by atoms with Crippen molar-refractivity contribution in [3.05, 3.63) is 29.6 Å². The molecule has 0 bridgehead atoms. The van der Waals surface area contributed by atoms with E-state index < -0.39 is 0 Å². The molecule has 0 aliphatic rings. The van der Waals surface area contributed by atoms with Crippen LogP contribution in [-0.4, -0.2) is 4.98 Å². The first-order valence-electron chi connectivity index (χ1n) is 3.09. The average molecular weight is 109 g/mol. The summed E-state index contributed by atoms with van der Waals surface area (Å²) in [6.07, 6.45) is 3.33. The molecule has 0 saturated heterocycles. The molecular formula is C7H9N. The normalized spacial score (nSPS) is 11.0. The van der Waals surface area contributed by atoms with E-state index in [-0.39, 0.29) is 0 Å². The van der Waals surface area contributed by atoms with Crippen LogP contribution in [0.4, 0.5) is 0 Å². The fourth-order valence-electron chi connectivity index (χ4n) is 0.494. The van der Waals surface area contributed by atoms with Crippen molar-refractivity contribution in [1.82, 2.24) is 4.98 Å². The molecule has 1 aromatic heterocycles. The van der Waals surface area contributed by atoms with Crippen molar-refractivity contribution in [1.29, 1.82) is 0 Å². The lowest BCUT2D eigenvalue weighted by Crippen LogP contribution is -1.78. The molecule has 0 amide bonds. The third-order valence-corrected chi connectivity index (χ3v) is 1.22. The second kappa shape index (κ2) is 1.95. The predicted molar refractivity (Wildman–Crippen MR) is 33.7 cm³/mol. The molecule has 1 rings (SSSR count). The molecule has 0 fully saturated rings. The van der Waals surface area contributed by atoms with Gasteiger partial charge in [-0.25, -0.2) is 0 Å². The van der Waals surface area contributed by atoms with Gasteiger partial charge in [0.2, 0.25) is 0 Å². The zero-order valence-corrected chi connectivity index (χ0v) is 5.10. The average Bonchev–Trinajstić information content (AvgIpc) is 1.83. The summed E-state index contributed by atoms with van der Waals surface area (Å²) in [5.74, 6) is 0. The Balaban J connectivity index is 3.25. The molecular weight excluding hydrogens is 98.1 g/mol. The van der Waals surface area contributed by atoms with Crippen LogP contribution in [0.3, 0.4) is 0 Å². The Hall–Kier alpha value is -0.850. The van der Waals surface area contributed by atoms with Crippen LogP contribution in [-0.2, 0) is 0 Å². The van der Waals surface area contributed by atoms with Gasteiger partial charge in [0.25, 0.3) is 0 Å². The second-order valence-corrected chi connectivity index (χ2v) is 1.86. The number of nitrogens with zero attached hydrogens (tertiary/aromatic N) is 1. The van der Waals surface area contributed by atoms with Crippen LogP contribution in [0.5, 0.6) is 0 Å². The molecule has 1 heterocycles. The first kappa shape index (κ1) is 4.07. The third-order valence-electron chi connectivity index (χ3n) is 1.22. The lowest BCUT2D eigenvalue weighted by Gasteiger charge is -1.92. The molecule has 0 radical (unpaired) electrons. The number of hydrogen-bond acceptors (Lipinski definition) is 1. The van der Waals surface area contributed by atoms with E-state index in [4.69, 9.17) is 1.37 Å².